The quantitative estimate of drug-likeness (QED) is 0.410. The summed E-state index contributed by atoms with van der Waals surface area (Å²) >= 11 is 6.41. The Labute approximate surface area is 321 Å². The fourth-order valence-corrected chi connectivity index (χ4v) is 10.8. The number of nitrogens with zero attached hydrogens (tertiary/aromatic N) is 4. The Bertz CT molecular complexity index is 1770. The lowest BCUT2D eigenvalue weighted by atomic mass is 9.63. The molecule has 2 bridgehead atoms. The highest BCUT2D eigenvalue weighted by Crippen LogP contribution is 2.47. The van der Waals surface area contributed by atoms with Gasteiger partial charge in [-0.25, -0.2) is 13.1 Å². The topological polar surface area (TPSA) is 94.7 Å². The van der Waals surface area contributed by atoms with Crippen LogP contribution >= 0.6 is 11.6 Å². The number of rotatable bonds is 3. The molecule has 1 saturated carbocycles. The Hall–Kier alpha value is -2.67. The summed E-state index contributed by atoms with van der Waals surface area (Å²) in [5.74, 6) is 0.484. The lowest BCUT2D eigenvalue weighted by molar-refractivity contribution is -0.101. The molecule has 6 atom stereocenters. The second kappa shape index (κ2) is 16.2. The van der Waals surface area contributed by atoms with Gasteiger partial charge < -0.3 is 19.3 Å². The van der Waals surface area contributed by atoms with E-state index in [-0.39, 0.29) is 11.8 Å². The molecule has 5 aliphatic rings. The summed E-state index contributed by atoms with van der Waals surface area (Å²) in [6, 6.07) is 11.8. The third kappa shape index (κ3) is 8.45. The highest BCUT2D eigenvalue weighted by Gasteiger charge is 2.49. The minimum absolute atomic E-state index is 0.216. The largest absolute Gasteiger partial charge is 0.487 e. The number of anilines is 1. The predicted molar refractivity (Wildman–Crippen MR) is 211 cm³/mol. The first-order valence-electron chi connectivity index (χ1n) is 19.7. The molecule has 53 heavy (non-hydrogen) atoms. The summed E-state index contributed by atoms with van der Waals surface area (Å²) in [5, 5.41) is -0.0545. The van der Waals surface area contributed by atoms with Crippen LogP contribution in [0.2, 0.25) is 5.02 Å². The molecule has 0 radical (unpaired) electrons. The van der Waals surface area contributed by atoms with Crippen LogP contribution in [0.5, 0.6) is 5.75 Å². The maximum Gasteiger partial charge on any atom is 0.264 e. The molecule has 4 heterocycles. The first-order valence-corrected chi connectivity index (χ1v) is 21.6. The van der Waals surface area contributed by atoms with E-state index in [2.05, 4.69) is 43.5 Å². The number of carbonyl (C=O) groups is 1. The number of piperazine rings is 2. The molecular formula is C41H58ClN5O5S. The lowest BCUT2D eigenvalue weighted by Crippen LogP contribution is -2.64. The number of fused-ring (bicyclic) bond motifs is 4. The number of carbonyl (C=O) groups excluding carboxylic acids is 1. The van der Waals surface area contributed by atoms with E-state index in [9.17, 15) is 13.2 Å². The number of halogens is 1. The number of likely N-dealkylation sites (N-methyl/N-ethyl adjacent to an activating group) is 1. The SMILES string of the molecule is CO[C@@]1(CN2CCN3CCN(C)C[C@@H]3C2)/C=C/C[C@H](C)[C@@H](C)S(=O)(=O)NC(=O)c2ccc3c(c2)N(CCCCc2cc(Cl)ccc2CO3)C[C@@H]2CC[C@H]21. The van der Waals surface area contributed by atoms with Gasteiger partial charge in [-0.05, 0) is 112 Å². The molecule has 12 heteroatoms. The van der Waals surface area contributed by atoms with Gasteiger partial charge in [-0.15, -0.1) is 0 Å². The highest BCUT2D eigenvalue weighted by molar-refractivity contribution is 7.90. The van der Waals surface area contributed by atoms with Crippen molar-refractivity contribution in [2.24, 2.45) is 17.8 Å². The highest BCUT2D eigenvalue weighted by atomic mass is 35.5. The summed E-state index contributed by atoms with van der Waals surface area (Å²) in [6.07, 6.45) is 9.97. The van der Waals surface area contributed by atoms with Gasteiger partial charge in [0, 0.05) is 82.6 Å². The van der Waals surface area contributed by atoms with Crippen LogP contribution in [-0.2, 0) is 27.8 Å². The second-order valence-corrected chi connectivity index (χ2v) is 18.8. The van der Waals surface area contributed by atoms with E-state index in [4.69, 9.17) is 21.1 Å². The maximum absolute atomic E-state index is 13.6. The summed E-state index contributed by atoms with van der Waals surface area (Å²) < 4.78 is 42.9. The Morgan fingerprint density at radius 2 is 1.81 bits per heavy atom. The normalized spacial score (nSPS) is 32.4. The van der Waals surface area contributed by atoms with E-state index < -0.39 is 26.8 Å². The number of sulfonamides is 1. The lowest BCUT2D eigenvalue weighted by Gasteiger charge is -2.53. The number of methoxy groups -OCH3 is 1. The van der Waals surface area contributed by atoms with E-state index in [0.717, 1.165) is 107 Å². The van der Waals surface area contributed by atoms with Gasteiger partial charge >= 0.3 is 0 Å². The molecule has 0 aromatic heterocycles. The van der Waals surface area contributed by atoms with Gasteiger partial charge in [-0.1, -0.05) is 36.7 Å². The standard InChI is InChI=1S/C41H58ClN5O5S/c1-29-8-7-16-41(51-4,28-45-19-21-46-20-18-44(3)25-36(46)26-45)37-14-11-33(37)24-47-17-6-5-9-31-22-35(42)13-10-34(31)27-52-39-15-12-32(23-38(39)47)40(48)43-53(49,50)30(29)2/h7,10,12-13,15-16,22-23,29-30,33,36-37H,5-6,8-9,11,14,17-21,24-28H2,1-4H3,(H,43,48)/b16-7+/t29-,30+,33-,36+,37+,41+/m0/s1. The van der Waals surface area contributed by atoms with Crippen LogP contribution < -0.4 is 14.4 Å². The molecule has 3 fully saturated rings. The zero-order valence-electron chi connectivity index (χ0n) is 31.9. The van der Waals surface area contributed by atoms with Crippen molar-refractivity contribution in [2.45, 2.75) is 75.9 Å². The van der Waals surface area contributed by atoms with Crippen molar-refractivity contribution in [3.05, 3.63) is 70.3 Å². The van der Waals surface area contributed by atoms with Crippen LogP contribution in [0.1, 0.15) is 67.4 Å². The van der Waals surface area contributed by atoms with Crippen LogP contribution in [0.3, 0.4) is 0 Å². The van der Waals surface area contributed by atoms with Gasteiger partial charge in [-0.2, -0.15) is 0 Å². The van der Waals surface area contributed by atoms with Crippen molar-refractivity contribution in [1.82, 2.24) is 19.4 Å². The maximum atomic E-state index is 13.6. The van der Waals surface area contributed by atoms with Crippen molar-refractivity contribution >= 4 is 33.2 Å². The van der Waals surface area contributed by atoms with Gasteiger partial charge in [0.25, 0.3) is 5.91 Å². The van der Waals surface area contributed by atoms with E-state index in [1.54, 1.807) is 13.0 Å². The zero-order chi connectivity index (χ0) is 37.3. The average molecular weight is 768 g/mol. The third-order valence-electron chi connectivity index (χ3n) is 13.0. The molecule has 2 aromatic rings. The van der Waals surface area contributed by atoms with Gasteiger partial charge in [0.15, 0.2) is 0 Å². The predicted octanol–water partition coefficient (Wildman–Crippen LogP) is 5.45. The summed E-state index contributed by atoms with van der Waals surface area (Å²) in [5.41, 5.74) is 2.89. The summed E-state index contributed by atoms with van der Waals surface area (Å²) in [4.78, 5) is 23.7. The van der Waals surface area contributed by atoms with E-state index in [1.807, 2.05) is 44.4 Å². The van der Waals surface area contributed by atoms with Crippen molar-refractivity contribution in [2.75, 3.05) is 78.0 Å². The summed E-state index contributed by atoms with van der Waals surface area (Å²) in [6.45, 7) is 12.8. The monoisotopic (exact) mass is 767 g/mol. The number of benzene rings is 2. The molecule has 0 spiro atoms. The number of hydrogen-bond acceptors (Lipinski definition) is 9. The first-order chi connectivity index (χ1) is 25.4. The molecule has 1 aliphatic carbocycles. The summed E-state index contributed by atoms with van der Waals surface area (Å²) in [7, 11) is 0.131. The number of nitrogens with one attached hydrogen (secondary N) is 1. The average Bonchev–Trinajstić information content (AvgIpc) is 3.15. The van der Waals surface area contributed by atoms with Crippen LogP contribution in [0.15, 0.2) is 48.6 Å². The van der Waals surface area contributed by atoms with Crippen LogP contribution in [-0.4, -0.2) is 119 Å². The van der Waals surface area contributed by atoms with Crippen LogP contribution in [0.25, 0.3) is 0 Å². The minimum Gasteiger partial charge on any atom is -0.487 e. The van der Waals surface area contributed by atoms with Gasteiger partial charge in [0.2, 0.25) is 10.0 Å². The van der Waals surface area contributed by atoms with Gasteiger partial charge in [-0.3, -0.25) is 14.6 Å². The number of ether oxygens (including phenoxy) is 2. The molecule has 7 rings (SSSR count). The van der Waals surface area contributed by atoms with E-state index in [0.29, 0.717) is 36.3 Å². The molecular weight excluding hydrogens is 710 g/mol. The molecule has 1 N–H and O–H groups in total. The Morgan fingerprint density at radius 3 is 2.60 bits per heavy atom. The number of allylic oxidation sites excluding steroid dienone is 1. The smallest absolute Gasteiger partial charge is 0.264 e. The molecule has 4 aliphatic heterocycles. The molecule has 2 saturated heterocycles. The zero-order valence-corrected chi connectivity index (χ0v) is 33.5. The van der Waals surface area contributed by atoms with Crippen molar-refractivity contribution < 1.29 is 22.7 Å². The minimum atomic E-state index is -3.95. The van der Waals surface area contributed by atoms with Crippen molar-refractivity contribution in [3.8, 4) is 5.75 Å². The Morgan fingerprint density at radius 1 is 0.981 bits per heavy atom. The number of amides is 1. The first kappa shape index (κ1) is 38.6. The third-order valence-corrected chi connectivity index (χ3v) is 15.2. The van der Waals surface area contributed by atoms with Gasteiger partial charge in [0.05, 0.1) is 10.9 Å². The molecule has 1 amide bonds. The van der Waals surface area contributed by atoms with Crippen LogP contribution in [0, 0.1) is 17.8 Å². The fraction of sp³-hybridized carbons (Fsp3) is 0.634. The van der Waals surface area contributed by atoms with Crippen LogP contribution in [0.4, 0.5) is 5.69 Å². The number of hydrogen-bond donors (Lipinski definition) is 1. The second-order valence-electron chi connectivity index (χ2n) is 16.4. The van der Waals surface area contributed by atoms with E-state index >= 15 is 0 Å². The molecule has 0 unspecified atom stereocenters. The molecule has 2 aromatic carbocycles. The van der Waals surface area contributed by atoms with Crippen molar-refractivity contribution in [1.29, 1.82) is 0 Å². The van der Waals surface area contributed by atoms with Crippen molar-refractivity contribution in [3.63, 3.8) is 0 Å². The van der Waals surface area contributed by atoms with E-state index in [1.165, 1.54) is 5.56 Å². The Balaban J connectivity index is 1.24. The Kier molecular flexibility index (Phi) is 11.8. The fourth-order valence-electron chi connectivity index (χ4n) is 9.30. The number of aryl methyl sites for hydroxylation is 1. The van der Waals surface area contributed by atoms with Gasteiger partial charge in [0.1, 0.15) is 18.0 Å². The molecule has 290 valence electrons. The molecule has 10 nitrogen and oxygen atoms in total.